The summed E-state index contributed by atoms with van der Waals surface area (Å²) in [6.07, 6.45) is 1.37. The highest BCUT2D eigenvalue weighted by molar-refractivity contribution is 7.09. The number of hydrogen-bond acceptors (Lipinski definition) is 5. The zero-order valence-electron chi connectivity index (χ0n) is 12.0. The van der Waals surface area contributed by atoms with Crippen molar-refractivity contribution in [1.29, 1.82) is 0 Å². The maximum atomic E-state index is 11.3. The lowest BCUT2D eigenvalue weighted by atomic mass is 10.1. The molecule has 1 unspecified atom stereocenters. The Hall–Kier alpha value is -1.85. The number of nitrogens with two attached hydrogens (primary N) is 1. The van der Waals surface area contributed by atoms with Gasteiger partial charge in [-0.15, -0.1) is 11.3 Å². The highest BCUT2D eigenvalue weighted by Crippen LogP contribution is 2.15. The molecule has 0 aliphatic rings. The Labute approximate surface area is 128 Å². The summed E-state index contributed by atoms with van der Waals surface area (Å²) in [6.45, 7) is 0.654. The van der Waals surface area contributed by atoms with E-state index in [1.165, 1.54) is 12.0 Å². The maximum absolute atomic E-state index is 11.3. The summed E-state index contributed by atoms with van der Waals surface area (Å²) < 4.78 is 10.3. The van der Waals surface area contributed by atoms with Crippen LogP contribution in [0, 0.1) is 0 Å². The minimum absolute atomic E-state index is 0.397. The van der Waals surface area contributed by atoms with Gasteiger partial charge in [0.25, 0.3) is 0 Å². The van der Waals surface area contributed by atoms with Gasteiger partial charge in [0, 0.05) is 11.3 Å². The quantitative estimate of drug-likeness (QED) is 0.798. The van der Waals surface area contributed by atoms with Crippen LogP contribution in [-0.4, -0.2) is 25.7 Å². The molecule has 0 saturated heterocycles. The van der Waals surface area contributed by atoms with E-state index in [1.807, 2.05) is 30.3 Å². The molecule has 21 heavy (non-hydrogen) atoms. The van der Waals surface area contributed by atoms with Crippen LogP contribution in [0.5, 0.6) is 5.75 Å². The van der Waals surface area contributed by atoms with Crippen LogP contribution >= 0.6 is 11.3 Å². The van der Waals surface area contributed by atoms with E-state index in [9.17, 15) is 4.79 Å². The molecule has 0 spiro atoms. The first kappa shape index (κ1) is 15.5. The molecule has 0 aliphatic heterocycles. The highest BCUT2D eigenvalue weighted by Gasteiger charge is 2.13. The number of benzene rings is 1. The van der Waals surface area contributed by atoms with Crippen LogP contribution in [0.25, 0.3) is 0 Å². The second kappa shape index (κ2) is 7.81. The molecule has 2 aromatic rings. The maximum Gasteiger partial charge on any atom is 0.322 e. The molecule has 0 aliphatic carbocycles. The van der Waals surface area contributed by atoms with Crippen molar-refractivity contribution in [2.75, 3.05) is 13.7 Å². The summed E-state index contributed by atoms with van der Waals surface area (Å²) in [5.74, 6) is 0.424. The van der Waals surface area contributed by atoms with Gasteiger partial charge in [0.15, 0.2) is 0 Å². The number of esters is 1. The van der Waals surface area contributed by atoms with E-state index in [4.69, 9.17) is 10.5 Å². The smallest absolute Gasteiger partial charge is 0.322 e. The van der Waals surface area contributed by atoms with Crippen molar-refractivity contribution < 1.29 is 14.3 Å². The van der Waals surface area contributed by atoms with Crippen LogP contribution in [0.4, 0.5) is 0 Å². The summed E-state index contributed by atoms with van der Waals surface area (Å²) >= 11 is 1.73. The second-order valence-corrected chi connectivity index (χ2v) is 5.69. The zero-order valence-corrected chi connectivity index (χ0v) is 12.8. The fourth-order valence-corrected chi connectivity index (χ4v) is 2.62. The number of thiophene rings is 1. The monoisotopic (exact) mass is 305 g/mol. The summed E-state index contributed by atoms with van der Waals surface area (Å²) in [5, 5.41) is 2.06. The lowest BCUT2D eigenvalue weighted by Gasteiger charge is -2.10. The van der Waals surface area contributed by atoms with Crippen molar-refractivity contribution in [2.45, 2.75) is 18.9 Å². The fraction of sp³-hybridized carbons (Fsp3) is 0.312. The van der Waals surface area contributed by atoms with Gasteiger partial charge in [-0.2, -0.15) is 0 Å². The molecule has 0 fully saturated rings. The van der Waals surface area contributed by atoms with E-state index in [1.54, 1.807) is 11.3 Å². The predicted octanol–water partition coefficient (Wildman–Crippen LogP) is 2.41. The van der Waals surface area contributed by atoms with Gasteiger partial charge in [0.2, 0.25) is 0 Å². The van der Waals surface area contributed by atoms with Crippen LogP contribution in [0.15, 0.2) is 41.8 Å². The topological polar surface area (TPSA) is 61.5 Å². The standard InChI is InChI=1S/C16H19NO3S/c1-19-16(18)15(17)11-12-4-6-13(7-5-12)20-9-8-14-3-2-10-21-14/h2-7,10,15H,8-9,11,17H2,1H3. The zero-order chi connectivity index (χ0) is 15.1. The Bertz CT molecular complexity index is 551. The van der Waals surface area contributed by atoms with Gasteiger partial charge in [0.05, 0.1) is 13.7 Å². The van der Waals surface area contributed by atoms with Crippen molar-refractivity contribution in [2.24, 2.45) is 5.73 Å². The van der Waals surface area contributed by atoms with Crippen molar-refractivity contribution in [1.82, 2.24) is 0 Å². The number of hydrogen-bond donors (Lipinski definition) is 1. The minimum atomic E-state index is -0.624. The van der Waals surface area contributed by atoms with Crippen molar-refractivity contribution in [3.63, 3.8) is 0 Å². The summed E-state index contributed by atoms with van der Waals surface area (Å²) in [7, 11) is 1.34. The first-order valence-electron chi connectivity index (χ1n) is 6.76. The Kier molecular flexibility index (Phi) is 5.78. The molecule has 1 atom stereocenters. The molecule has 0 amide bonds. The Morgan fingerprint density at radius 2 is 2.05 bits per heavy atom. The van der Waals surface area contributed by atoms with Crippen LogP contribution in [0.3, 0.4) is 0 Å². The molecule has 0 radical (unpaired) electrons. The predicted molar refractivity (Wildman–Crippen MR) is 83.7 cm³/mol. The first-order chi connectivity index (χ1) is 10.2. The van der Waals surface area contributed by atoms with Crippen molar-refractivity contribution in [3.05, 3.63) is 52.2 Å². The summed E-state index contributed by atoms with van der Waals surface area (Å²) in [4.78, 5) is 12.6. The number of carbonyl (C=O) groups excluding carboxylic acids is 1. The fourth-order valence-electron chi connectivity index (χ4n) is 1.93. The molecule has 1 heterocycles. The normalized spacial score (nSPS) is 11.9. The molecule has 2 N–H and O–H groups in total. The third kappa shape index (κ3) is 4.88. The van der Waals surface area contributed by atoms with Gasteiger partial charge < -0.3 is 15.2 Å². The number of methoxy groups -OCH3 is 1. The first-order valence-corrected chi connectivity index (χ1v) is 7.64. The summed E-state index contributed by atoms with van der Waals surface area (Å²) in [6, 6.07) is 11.2. The van der Waals surface area contributed by atoms with Gasteiger partial charge in [0.1, 0.15) is 11.8 Å². The van der Waals surface area contributed by atoms with Crippen molar-refractivity contribution in [3.8, 4) is 5.75 Å². The molecule has 4 nitrogen and oxygen atoms in total. The third-order valence-electron chi connectivity index (χ3n) is 3.08. The van der Waals surface area contributed by atoms with Crippen LogP contribution in [0.1, 0.15) is 10.4 Å². The Morgan fingerprint density at radius 3 is 2.67 bits per heavy atom. The van der Waals surface area contributed by atoms with Crippen LogP contribution in [-0.2, 0) is 22.4 Å². The minimum Gasteiger partial charge on any atom is -0.493 e. The van der Waals surface area contributed by atoms with E-state index in [0.29, 0.717) is 13.0 Å². The number of carbonyl (C=O) groups is 1. The van der Waals surface area contributed by atoms with E-state index < -0.39 is 12.0 Å². The molecule has 0 bridgehead atoms. The van der Waals surface area contributed by atoms with Gasteiger partial charge in [-0.05, 0) is 35.6 Å². The highest BCUT2D eigenvalue weighted by atomic mass is 32.1. The van der Waals surface area contributed by atoms with Crippen LogP contribution in [0.2, 0.25) is 0 Å². The van der Waals surface area contributed by atoms with Crippen LogP contribution < -0.4 is 10.5 Å². The van der Waals surface area contributed by atoms with Gasteiger partial charge in [-0.1, -0.05) is 18.2 Å². The molecular weight excluding hydrogens is 286 g/mol. The van der Waals surface area contributed by atoms with Gasteiger partial charge in [-0.3, -0.25) is 4.79 Å². The molecule has 2 rings (SSSR count). The molecule has 5 heteroatoms. The van der Waals surface area contributed by atoms with E-state index in [-0.39, 0.29) is 0 Å². The number of ether oxygens (including phenoxy) is 2. The van der Waals surface area contributed by atoms with E-state index >= 15 is 0 Å². The third-order valence-corrected chi connectivity index (χ3v) is 4.02. The largest absolute Gasteiger partial charge is 0.493 e. The molecule has 1 aromatic heterocycles. The molecular formula is C16H19NO3S. The average Bonchev–Trinajstić information content (AvgIpc) is 3.01. The molecule has 112 valence electrons. The van der Waals surface area contributed by atoms with E-state index in [2.05, 4.69) is 16.2 Å². The lowest BCUT2D eigenvalue weighted by molar-refractivity contribution is -0.142. The summed E-state index contributed by atoms with van der Waals surface area (Å²) in [5.41, 5.74) is 6.71. The Morgan fingerprint density at radius 1 is 1.29 bits per heavy atom. The second-order valence-electron chi connectivity index (χ2n) is 4.66. The average molecular weight is 305 g/mol. The SMILES string of the molecule is COC(=O)C(N)Cc1ccc(OCCc2cccs2)cc1. The van der Waals surface area contributed by atoms with Gasteiger partial charge in [-0.25, -0.2) is 0 Å². The Balaban J connectivity index is 1.80. The number of rotatable bonds is 7. The van der Waals surface area contributed by atoms with Gasteiger partial charge >= 0.3 is 5.97 Å². The molecule has 1 aromatic carbocycles. The van der Waals surface area contributed by atoms with Crippen molar-refractivity contribution >= 4 is 17.3 Å². The molecule has 0 saturated carbocycles. The van der Waals surface area contributed by atoms with E-state index in [0.717, 1.165) is 17.7 Å². The lowest BCUT2D eigenvalue weighted by Crippen LogP contribution is -2.33.